The average Bonchev–Trinajstić information content (AvgIpc) is 2.48. The molecule has 1 fully saturated rings. The molecule has 0 amide bonds. The number of hydrogen-bond donors (Lipinski definition) is 2. The second-order valence-corrected chi connectivity index (χ2v) is 4.65. The number of nitrogens with one attached hydrogen (secondary N) is 2. The minimum atomic E-state index is -0.191. The summed E-state index contributed by atoms with van der Waals surface area (Å²) in [5.74, 6) is -0.191. The van der Waals surface area contributed by atoms with Crippen LogP contribution in [0.15, 0.2) is 30.3 Å². The van der Waals surface area contributed by atoms with Crippen LogP contribution in [0.4, 0.5) is 0 Å². The second kappa shape index (κ2) is 7.23. The third kappa shape index (κ3) is 4.31. The first kappa shape index (κ1) is 14.0. The molecule has 1 unspecified atom stereocenters. The van der Waals surface area contributed by atoms with Gasteiger partial charge in [-0.05, 0) is 18.4 Å². The highest BCUT2D eigenvalue weighted by molar-refractivity contribution is 5.75. The van der Waals surface area contributed by atoms with Crippen molar-refractivity contribution in [2.24, 2.45) is 0 Å². The summed E-state index contributed by atoms with van der Waals surface area (Å²) >= 11 is 0. The summed E-state index contributed by atoms with van der Waals surface area (Å²) in [6.45, 7) is 1.24. The molecule has 5 nitrogen and oxygen atoms in total. The molecular formula is C14H20N2O3. The summed E-state index contributed by atoms with van der Waals surface area (Å²) in [4.78, 5) is 16.8. The Morgan fingerprint density at radius 2 is 2.16 bits per heavy atom. The van der Waals surface area contributed by atoms with Crippen LogP contribution in [0.2, 0.25) is 0 Å². The molecule has 0 aliphatic carbocycles. The summed E-state index contributed by atoms with van der Waals surface area (Å²) < 4.78 is 4.71. The van der Waals surface area contributed by atoms with Gasteiger partial charge in [0.15, 0.2) is 0 Å². The lowest BCUT2D eigenvalue weighted by atomic mass is 10.0. The van der Waals surface area contributed by atoms with E-state index < -0.39 is 0 Å². The minimum Gasteiger partial charge on any atom is -0.468 e. The third-order valence-corrected chi connectivity index (χ3v) is 3.23. The Bertz CT molecular complexity index is 389. The van der Waals surface area contributed by atoms with Gasteiger partial charge in [0.1, 0.15) is 6.04 Å². The van der Waals surface area contributed by atoms with E-state index in [0.717, 1.165) is 18.4 Å². The molecule has 1 aliphatic heterocycles. The third-order valence-electron chi connectivity index (χ3n) is 3.23. The number of rotatable bonds is 5. The molecule has 2 rings (SSSR count). The minimum absolute atomic E-state index is 0.183. The van der Waals surface area contributed by atoms with Crippen LogP contribution < -0.4 is 10.8 Å². The largest absolute Gasteiger partial charge is 0.468 e. The van der Waals surface area contributed by atoms with E-state index in [0.29, 0.717) is 13.2 Å². The maximum atomic E-state index is 11.3. The summed E-state index contributed by atoms with van der Waals surface area (Å²) in [7, 11) is 1.41. The Balaban J connectivity index is 1.65. The molecule has 1 aliphatic rings. The Hall–Kier alpha value is -1.43. The Labute approximate surface area is 113 Å². The van der Waals surface area contributed by atoms with Crippen molar-refractivity contribution in [3.05, 3.63) is 35.9 Å². The predicted molar refractivity (Wildman–Crippen MR) is 71.2 cm³/mol. The van der Waals surface area contributed by atoms with Crippen molar-refractivity contribution in [1.29, 1.82) is 0 Å². The van der Waals surface area contributed by atoms with E-state index in [9.17, 15) is 4.79 Å². The SMILES string of the molecule is COC(=O)C1CC[C@@H](NOCc2ccccc2)CN1. The maximum Gasteiger partial charge on any atom is 0.322 e. The predicted octanol–water partition coefficient (Wildman–Crippen LogP) is 1.00. The van der Waals surface area contributed by atoms with Crippen LogP contribution in [0.3, 0.4) is 0 Å². The molecule has 0 radical (unpaired) electrons. The normalized spacial score (nSPS) is 23.0. The summed E-state index contributed by atoms with van der Waals surface area (Å²) in [6, 6.07) is 10.0. The Morgan fingerprint density at radius 1 is 1.37 bits per heavy atom. The van der Waals surface area contributed by atoms with Gasteiger partial charge < -0.3 is 10.1 Å². The van der Waals surface area contributed by atoms with Crippen molar-refractivity contribution in [3.63, 3.8) is 0 Å². The number of carbonyl (C=O) groups excluding carboxylic acids is 1. The van der Waals surface area contributed by atoms with Crippen LogP contribution in [-0.4, -0.2) is 31.7 Å². The molecule has 2 atom stereocenters. The molecule has 0 spiro atoms. The molecule has 5 heteroatoms. The average molecular weight is 264 g/mol. The van der Waals surface area contributed by atoms with E-state index >= 15 is 0 Å². The van der Waals surface area contributed by atoms with E-state index in [1.165, 1.54) is 7.11 Å². The highest BCUT2D eigenvalue weighted by Gasteiger charge is 2.26. The second-order valence-electron chi connectivity index (χ2n) is 4.65. The van der Waals surface area contributed by atoms with Crippen LogP contribution in [-0.2, 0) is 21.0 Å². The van der Waals surface area contributed by atoms with Crippen molar-refractivity contribution < 1.29 is 14.4 Å². The van der Waals surface area contributed by atoms with E-state index in [1.54, 1.807) is 0 Å². The zero-order valence-corrected chi connectivity index (χ0v) is 11.1. The fourth-order valence-corrected chi connectivity index (χ4v) is 2.12. The highest BCUT2D eigenvalue weighted by atomic mass is 16.6. The van der Waals surface area contributed by atoms with Crippen molar-refractivity contribution in [2.45, 2.75) is 31.5 Å². The number of carbonyl (C=O) groups is 1. The van der Waals surface area contributed by atoms with E-state index in [-0.39, 0.29) is 18.1 Å². The fourth-order valence-electron chi connectivity index (χ4n) is 2.12. The topological polar surface area (TPSA) is 59.6 Å². The van der Waals surface area contributed by atoms with Gasteiger partial charge >= 0.3 is 5.97 Å². The van der Waals surface area contributed by atoms with Crippen molar-refractivity contribution in [3.8, 4) is 0 Å². The number of piperidine rings is 1. The van der Waals surface area contributed by atoms with Crippen molar-refractivity contribution in [2.75, 3.05) is 13.7 Å². The molecule has 1 saturated heterocycles. The van der Waals surface area contributed by atoms with Crippen LogP contribution in [0, 0.1) is 0 Å². The first-order valence-electron chi connectivity index (χ1n) is 6.52. The van der Waals surface area contributed by atoms with Gasteiger partial charge in [0.25, 0.3) is 0 Å². The van der Waals surface area contributed by atoms with Crippen LogP contribution >= 0.6 is 0 Å². The summed E-state index contributed by atoms with van der Waals surface area (Å²) in [6.07, 6.45) is 1.65. The monoisotopic (exact) mass is 264 g/mol. The van der Waals surface area contributed by atoms with Crippen molar-refractivity contribution >= 4 is 5.97 Å². The molecule has 1 heterocycles. The summed E-state index contributed by atoms with van der Waals surface area (Å²) in [5.41, 5.74) is 4.16. The number of methoxy groups -OCH3 is 1. The quantitative estimate of drug-likeness (QED) is 0.614. The molecule has 1 aromatic rings. The Kier molecular flexibility index (Phi) is 5.32. The molecular weight excluding hydrogens is 244 g/mol. The van der Waals surface area contributed by atoms with Crippen molar-refractivity contribution in [1.82, 2.24) is 10.8 Å². The number of hydroxylamine groups is 1. The number of esters is 1. The molecule has 2 N–H and O–H groups in total. The standard InChI is InChI=1S/C14H20N2O3/c1-18-14(17)13-8-7-12(9-15-13)16-19-10-11-5-3-2-4-6-11/h2-6,12-13,15-16H,7-10H2,1H3/t12-,13?/m1/s1. The number of ether oxygens (including phenoxy) is 1. The lowest BCUT2D eigenvalue weighted by Crippen LogP contribution is -2.50. The lowest BCUT2D eigenvalue weighted by Gasteiger charge is -2.28. The number of hydrogen-bond acceptors (Lipinski definition) is 5. The van der Waals surface area contributed by atoms with Gasteiger partial charge in [-0.1, -0.05) is 30.3 Å². The molecule has 0 aromatic heterocycles. The van der Waals surface area contributed by atoms with Crippen LogP contribution in [0.25, 0.3) is 0 Å². The first-order chi connectivity index (χ1) is 9.29. The zero-order valence-electron chi connectivity index (χ0n) is 11.1. The first-order valence-corrected chi connectivity index (χ1v) is 6.52. The summed E-state index contributed by atoms with van der Waals surface area (Å²) in [5, 5.41) is 3.15. The van der Waals surface area contributed by atoms with Gasteiger partial charge in [0.05, 0.1) is 13.7 Å². The van der Waals surface area contributed by atoms with Gasteiger partial charge in [-0.15, -0.1) is 0 Å². The molecule has 104 valence electrons. The van der Waals surface area contributed by atoms with Crippen LogP contribution in [0.5, 0.6) is 0 Å². The fraction of sp³-hybridized carbons (Fsp3) is 0.500. The van der Waals surface area contributed by atoms with Gasteiger partial charge in [0, 0.05) is 12.6 Å². The van der Waals surface area contributed by atoms with Gasteiger partial charge in [-0.25, -0.2) is 0 Å². The van der Waals surface area contributed by atoms with E-state index in [4.69, 9.17) is 9.57 Å². The van der Waals surface area contributed by atoms with E-state index in [1.807, 2.05) is 30.3 Å². The highest BCUT2D eigenvalue weighted by Crippen LogP contribution is 2.10. The molecule has 19 heavy (non-hydrogen) atoms. The maximum absolute atomic E-state index is 11.3. The van der Waals surface area contributed by atoms with E-state index in [2.05, 4.69) is 10.8 Å². The van der Waals surface area contributed by atoms with Gasteiger partial charge in [-0.2, -0.15) is 5.48 Å². The smallest absolute Gasteiger partial charge is 0.322 e. The lowest BCUT2D eigenvalue weighted by molar-refractivity contribution is -0.144. The molecule has 1 aromatic carbocycles. The van der Waals surface area contributed by atoms with Gasteiger partial charge in [-0.3, -0.25) is 9.63 Å². The Morgan fingerprint density at radius 3 is 2.79 bits per heavy atom. The van der Waals surface area contributed by atoms with Crippen LogP contribution in [0.1, 0.15) is 18.4 Å². The van der Waals surface area contributed by atoms with Gasteiger partial charge in [0.2, 0.25) is 0 Å². The number of benzene rings is 1. The molecule has 0 bridgehead atoms. The molecule has 0 saturated carbocycles. The zero-order chi connectivity index (χ0) is 13.5.